The van der Waals surface area contributed by atoms with E-state index in [-0.39, 0.29) is 23.1 Å². The molecule has 2 aromatic rings. The Morgan fingerprint density at radius 1 is 1.23 bits per heavy atom. The third-order valence-electron chi connectivity index (χ3n) is 4.47. The summed E-state index contributed by atoms with van der Waals surface area (Å²) in [4.78, 5) is 27.1. The Balaban J connectivity index is 2.04. The molecule has 0 bridgehead atoms. The first-order valence-electron chi connectivity index (χ1n) is 9.18. The fraction of sp³-hybridized carbons (Fsp3) is 0.227. The summed E-state index contributed by atoms with van der Waals surface area (Å²) >= 11 is 13.4. The predicted molar refractivity (Wildman–Crippen MR) is 119 cm³/mol. The van der Waals surface area contributed by atoms with E-state index in [1.165, 1.54) is 4.90 Å². The first-order chi connectivity index (χ1) is 14.3. The zero-order chi connectivity index (χ0) is 21.8. The van der Waals surface area contributed by atoms with Gasteiger partial charge in [-0.1, -0.05) is 58.7 Å². The summed E-state index contributed by atoms with van der Waals surface area (Å²) in [6, 6.07) is 14.3. The topological polar surface area (TPSA) is 70.4 Å². The summed E-state index contributed by atoms with van der Waals surface area (Å²) in [6.07, 6.45) is 0.326. The molecule has 5 nitrogen and oxygen atoms in total. The van der Waals surface area contributed by atoms with E-state index in [1.807, 2.05) is 25.1 Å². The van der Waals surface area contributed by atoms with Crippen LogP contribution in [0.4, 0.5) is 5.69 Å². The van der Waals surface area contributed by atoms with Crippen LogP contribution in [0.15, 0.2) is 53.1 Å². The van der Waals surface area contributed by atoms with Gasteiger partial charge in [0.25, 0.3) is 0 Å². The smallest absolute Gasteiger partial charge is 0.351 e. The van der Waals surface area contributed by atoms with Gasteiger partial charge in [0.2, 0.25) is 5.91 Å². The van der Waals surface area contributed by atoms with Crippen molar-refractivity contribution in [1.82, 2.24) is 0 Å². The summed E-state index contributed by atoms with van der Waals surface area (Å²) < 4.78 is 5.03. The van der Waals surface area contributed by atoms with Gasteiger partial charge >= 0.3 is 5.97 Å². The number of nitriles is 1. The standard InChI is InChI=1S/C22H18Cl2N2O3S/c1-3-29-22(28)17(12-25)21-26(16-8-4-13(2)5-9-16)20(27)19(30-21)10-14-6-7-15(23)11-18(14)24/h4-9,11,19H,3,10H2,1-2H3/b21-17-. The van der Waals surface area contributed by atoms with Gasteiger partial charge in [-0.15, -0.1) is 0 Å². The minimum atomic E-state index is -0.752. The molecule has 0 saturated carbocycles. The van der Waals surface area contributed by atoms with Gasteiger partial charge < -0.3 is 4.74 Å². The van der Waals surface area contributed by atoms with Gasteiger partial charge in [0.15, 0.2) is 5.57 Å². The molecule has 0 aromatic heterocycles. The Morgan fingerprint density at radius 3 is 2.53 bits per heavy atom. The number of esters is 1. The molecule has 1 amide bonds. The molecule has 1 heterocycles. The molecule has 1 aliphatic heterocycles. The number of amides is 1. The monoisotopic (exact) mass is 460 g/mol. The normalized spacial score (nSPS) is 17.6. The summed E-state index contributed by atoms with van der Waals surface area (Å²) in [5.41, 5.74) is 2.17. The fourth-order valence-corrected chi connectivity index (χ4v) is 4.76. The van der Waals surface area contributed by atoms with Gasteiger partial charge in [0, 0.05) is 15.7 Å². The summed E-state index contributed by atoms with van der Waals surface area (Å²) in [5.74, 6) is -0.987. The molecule has 154 valence electrons. The van der Waals surface area contributed by atoms with Crippen LogP contribution in [-0.4, -0.2) is 23.7 Å². The molecule has 0 aliphatic carbocycles. The molecule has 0 radical (unpaired) electrons. The molecule has 3 rings (SSSR count). The van der Waals surface area contributed by atoms with Crippen molar-refractivity contribution in [3.63, 3.8) is 0 Å². The zero-order valence-corrected chi connectivity index (χ0v) is 18.6. The lowest BCUT2D eigenvalue weighted by atomic mass is 10.1. The van der Waals surface area contributed by atoms with Crippen LogP contribution in [0.25, 0.3) is 0 Å². The highest BCUT2D eigenvalue weighted by atomic mass is 35.5. The number of halogens is 2. The van der Waals surface area contributed by atoms with E-state index in [0.717, 1.165) is 22.9 Å². The predicted octanol–water partition coefficient (Wildman–Crippen LogP) is 5.29. The van der Waals surface area contributed by atoms with Gasteiger partial charge in [-0.2, -0.15) is 5.26 Å². The lowest BCUT2D eigenvalue weighted by Crippen LogP contribution is -2.30. The second-order valence-corrected chi connectivity index (χ2v) is 8.60. The van der Waals surface area contributed by atoms with Crippen molar-refractivity contribution in [1.29, 1.82) is 5.26 Å². The van der Waals surface area contributed by atoms with Crippen LogP contribution in [0.2, 0.25) is 10.0 Å². The van der Waals surface area contributed by atoms with E-state index in [0.29, 0.717) is 22.2 Å². The quantitative estimate of drug-likeness (QED) is 0.344. The fourth-order valence-electron chi connectivity index (χ4n) is 2.99. The number of thioether (sulfide) groups is 1. The van der Waals surface area contributed by atoms with Crippen molar-refractivity contribution >= 4 is 52.5 Å². The highest BCUT2D eigenvalue weighted by Crippen LogP contribution is 2.42. The maximum atomic E-state index is 13.3. The van der Waals surface area contributed by atoms with Crippen molar-refractivity contribution < 1.29 is 14.3 Å². The van der Waals surface area contributed by atoms with Crippen molar-refractivity contribution in [2.45, 2.75) is 25.5 Å². The first-order valence-corrected chi connectivity index (χ1v) is 10.8. The van der Waals surface area contributed by atoms with E-state index in [4.69, 9.17) is 27.9 Å². The molecule has 2 aromatic carbocycles. The molecule has 1 saturated heterocycles. The lowest BCUT2D eigenvalue weighted by Gasteiger charge is -2.18. The highest BCUT2D eigenvalue weighted by Gasteiger charge is 2.41. The van der Waals surface area contributed by atoms with E-state index >= 15 is 0 Å². The minimum absolute atomic E-state index is 0.129. The molecule has 1 unspecified atom stereocenters. The van der Waals surface area contributed by atoms with Gasteiger partial charge in [-0.05, 0) is 50.1 Å². The van der Waals surface area contributed by atoms with Crippen LogP contribution in [0, 0.1) is 18.3 Å². The molecule has 8 heteroatoms. The second kappa shape index (κ2) is 9.57. The number of nitrogens with zero attached hydrogens (tertiary/aromatic N) is 2. The van der Waals surface area contributed by atoms with Crippen LogP contribution in [0.3, 0.4) is 0 Å². The summed E-state index contributed by atoms with van der Waals surface area (Å²) in [7, 11) is 0. The summed E-state index contributed by atoms with van der Waals surface area (Å²) in [5, 5.41) is 10.3. The van der Waals surface area contributed by atoms with Crippen molar-refractivity contribution in [3.8, 4) is 6.07 Å². The number of hydrogen-bond donors (Lipinski definition) is 0. The van der Waals surface area contributed by atoms with Crippen molar-refractivity contribution in [3.05, 3.63) is 74.2 Å². The Labute approximate surface area is 189 Å². The third kappa shape index (κ3) is 4.65. The van der Waals surface area contributed by atoms with Gasteiger partial charge in [0.05, 0.1) is 11.9 Å². The highest BCUT2D eigenvalue weighted by molar-refractivity contribution is 8.05. The number of benzene rings is 2. The molecular weight excluding hydrogens is 443 g/mol. The van der Waals surface area contributed by atoms with Gasteiger partial charge in [-0.3, -0.25) is 9.69 Å². The van der Waals surface area contributed by atoms with E-state index in [2.05, 4.69) is 0 Å². The maximum Gasteiger partial charge on any atom is 0.351 e. The van der Waals surface area contributed by atoms with Crippen molar-refractivity contribution in [2.24, 2.45) is 0 Å². The number of ether oxygens (including phenoxy) is 1. The molecule has 0 spiro atoms. The largest absolute Gasteiger partial charge is 0.462 e. The number of carbonyl (C=O) groups is 2. The van der Waals surface area contributed by atoms with Crippen LogP contribution in [-0.2, 0) is 20.7 Å². The van der Waals surface area contributed by atoms with E-state index < -0.39 is 11.2 Å². The van der Waals surface area contributed by atoms with Gasteiger partial charge in [-0.25, -0.2) is 4.79 Å². The minimum Gasteiger partial charge on any atom is -0.462 e. The van der Waals surface area contributed by atoms with Crippen LogP contribution in [0.5, 0.6) is 0 Å². The molecule has 30 heavy (non-hydrogen) atoms. The average Bonchev–Trinajstić information content (AvgIpc) is 3.01. The maximum absolute atomic E-state index is 13.3. The van der Waals surface area contributed by atoms with Gasteiger partial charge in [0.1, 0.15) is 11.1 Å². The Morgan fingerprint density at radius 2 is 1.93 bits per heavy atom. The number of aryl methyl sites for hydroxylation is 1. The number of rotatable bonds is 5. The van der Waals surface area contributed by atoms with Crippen LogP contribution >= 0.6 is 35.0 Å². The summed E-state index contributed by atoms with van der Waals surface area (Å²) in [6.45, 7) is 3.73. The second-order valence-electron chi connectivity index (χ2n) is 6.57. The Bertz CT molecular complexity index is 1060. The molecule has 1 fully saturated rings. The zero-order valence-electron chi connectivity index (χ0n) is 16.3. The van der Waals surface area contributed by atoms with Crippen LogP contribution < -0.4 is 4.90 Å². The van der Waals surface area contributed by atoms with E-state index in [9.17, 15) is 14.9 Å². The van der Waals surface area contributed by atoms with E-state index in [1.54, 1.807) is 37.3 Å². The molecule has 1 aliphatic rings. The average molecular weight is 461 g/mol. The Hall–Kier alpha value is -2.46. The first kappa shape index (κ1) is 22.2. The number of carbonyl (C=O) groups excluding carboxylic acids is 2. The number of hydrogen-bond acceptors (Lipinski definition) is 5. The third-order valence-corrected chi connectivity index (χ3v) is 6.32. The lowest BCUT2D eigenvalue weighted by molar-refractivity contribution is -0.138. The SMILES string of the molecule is CCOC(=O)/C(C#N)=C1\SC(Cc2ccc(Cl)cc2Cl)C(=O)N1c1ccc(C)cc1. The Kier molecular flexibility index (Phi) is 7.09. The molecule has 0 N–H and O–H groups in total. The van der Waals surface area contributed by atoms with Crippen molar-refractivity contribution in [2.75, 3.05) is 11.5 Å². The molecule has 1 atom stereocenters. The van der Waals surface area contributed by atoms with Crippen LogP contribution in [0.1, 0.15) is 18.1 Å². The number of anilines is 1. The molecular formula is C22H18Cl2N2O3S.